The number of aliphatic carboxylic acids is 1. The van der Waals surface area contributed by atoms with Crippen LogP contribution in [0.2, 0.25) is 0 Å². The second-order valence-corrected chi connectivity index (χ2v) is 7.60. The summed E-state index contributed by atoms with van der Waals surface area (Å²) in [6, 6.07) is 0.946. The smallest absolute Gasteiger partial charge is 0.322 e. The maximum absolute atomic E-state index is 12.3. The van der Waals surface area contributed by atoms with Crippen LogP contribution in [0.3, 0.4) is 0 Å². The summed E-state index contributed by atoms with van der Waals surface area (Å²) in [5.74, 6) is -0.561. The minimum Gasteiger partial charge on any atom is -0.480 e. The van der Waals surface area contributed by atoms with Crippen LogP contribution in [0.5, 0.6) is 0 Å². The zero-order valence-electron chi connectivity index (χ0n) is 12.4. The Morgan fingerprint density at radius 3 is 2.82 bits per heavy atom. The molecule has 2 N–H and O–H groups in total. The Morgan fingerprint density at radius 2 is 2.18 bits per heavy atom. The van der Waals surface area contributed by atoms with E-state index in [0.29, 0.717) is 24.5 Å². The van der Waals surface area contributed by atoms with E-state index in [4.69, 9.17) is 5.11 Å². The van der Waals surface area contributed by atoms with Gasteiger partial charge in [-0.25, -0.2) is 0 Å². The SMILES string of the molecule is Cn1nc(CNS(=O)(=O)N2CCC[C@H]2C(=O)O)cc1C1CC1. The Hall–Kier alpha value is -1.45. The molecule has 1 aromatic rings. The first kappa shape index (κ1) is 15.4. The average molecular weight is 328 g/mol. The van der Waals surface area contributed by atoms with Gasteiger partial charge in [-0.3, -0.25) is 9.48 Å². The van der Waals surface area contributed by atoms with E-state index in [1.807, 2.05) is 13.1 Å². The third-order valence-corrected chi connectivity index (χ3v) is 5.76. The standard InChI is InChI=1S/C13H20N4O4S/c1-16-12(9-4-5-9)7-10(15-16)8-14-22(20,21)17-6-2-3-11(17)13(18)19/h7,9,11,14H,2-6,8H2,1H3,(H,18,19)/t11-/m0/s1. The number of rotatable bonds is 6. The predicted octanol–water partition coefficient (Wildman–Crippen LogP) is 0.181. The lowest BCUT2D eigenvalue weighted by molar-refractivity contribution is -0.140. The van der Waals surface area contributed by atoms with E-state index in [1.54, 1.807) is 4.68 Å². The van der Waals surface area contributed by atoms with Gasteiger partial charge in [0.2, 0.25) is 0 Å². The van der Waals surface area contributed by atoms with Gasteiger partial charge in [-0.05, 0) is 31.7 Å². The van der Waals surface area contributed by atoms with E-state index in [9.17, 15) is 13.2 Å². The summed E-state index contributed by atoms with van der Waals surface area (Å²) in [6.07, 6.45) is 3.22. The molecule has 122 valence electrons. The molecule has 1 aliphatic carbocycles. The van der Waals surface area contributed by atoms with E-state index in [0.717, 1.165) is 22.8 Å². The van der Waals surface area contributed by atoms with Crippen LogP contribution in [-0.4, -0.2) is 46.2 Å². The molecular formula is C13H20N4O4S. The Labute approximate surface area is 129 Å². The second-order valence-electron chi connectivity index (χ2n) is 5.89. The van der Waals surface area contributed by atoms with Crippen molar-refractivity contribution in [3.63, 3.8) is 0 Å². The highest BCUT2D eigenvalue weighted by molar-refractivity contribution is 7.87. The van der Waals surface area contributed by atoms with Crippen molar-refractivity contribution >= 4 is 16.2 Å². The van der Waals surface area contributed by atoms with Gasteiger partial charge >= 0.3 is 5.97 Å². The summed E-state index contributed by atoms with van der Waals surface area (Å²) in [5, 5.41) is 13.4. The molecule has 0 spiro atoms. The van der Waals surface area contributed by atoms with Crippen molar-refractivity contribution in [3.8, 4) is 0 Å². The molecule has 1 saturated carbocycles. The first-order valence-electron chi connectivity index (χ1n) is 7.40. The third kappa shape index (κ3) is 3.01. The molecule has 2 heterocycles. The van der Waals surface area contributed by atoms with Crippen molar-refractivity contribution in [1.29, 1.82) is 0 Å². The largest absolute Gasteiger partial charge is 0.480 e. The number of aromatic nitrogens is 2. The lowest BCUT2D eigenvalue weighted by Crippen LogP contribution is -2.46. The topological polar surface area (TPSA) is 105 Å². The van der Waals surface area contributed by atoms with Crippen LogP contribution < -0.4 is 4.72 Å². The van der Waals surface area contributed by atoms with Crippen LogP contribution in [0, 0.1) is 0 Å². The second kappa shape index (κ2) is 5.64. The number of carbonyl (C=O) groups is 1. The van der Waals surface area contributed by atoms with Gasteiger partial charge in [-0.2, -0.15) is 22.5 Å². The summed E-state index contributed by atoms with van der Waals surface area (Å²) in [5.41, 5.74) is 1.78. The molecule has 0 radical (unpaired) electrons. The molecule has 22 heavy (non-hydrogen) atoms. The summed E-state index contributed by atoms with van der Waals surface area (Å²) in [7, 11) is -1.95. The molecule has 1 saturated heterocycles. The molecule has 0 aromatic carbocycles. The number of carboxylic acids is 1. The van der Waals surface area contributed by atoms with E-state index in [2.05, 4.69) is 9.82 Å². The summed E-state index contributed by atoms with van der Waals surface area (Å²) in [4.78, 5) is 11.1. The highest BCUT2D eigenvalue weighted by Gasteiger charge is 2.38. The van der Waals surface area contributed by atoms with Crippen LogP contribution in [0.25, 0.3) is 0 Å². The monoisotopic (exact) mass is 328 g/mol. The minimum atomic E-state index is -3.81. The molecule has 0 bridgehead atoms. The molecule has 0 amide bonds. The molecule has 0 unspecified atom stereocenters. The van der Waals surface area contributed by atoms with Crippen molar-refractivity contribution in [2.24, 2.45) is 7.05 Å². The fourth-order valence-electron chi connectivity index (χ4n) is 2.91. The summed E-state index contributed by atoms with van der Waals surface area (Å²) < 4.78 is 29.8. The number of carboxylic acid groups (broad SMARTS) is 1. The van der Waals surface area contributed by atoms with Crippen molar-refractivity contribution in [2.75, 3.05) is 6.54 Å². The minimum absolute atomic E-state index is 0.0751. The molecule has 1 aliphatic heterocycles. The number of aryl methyl sites for hydroxylation is 1. The van der Waals surface area contributed by atoms with E-state index >= 15 is 0 Å². The maximum atomic E-state index is 12.3. The number of nitrogens with zero attached hydrogens (tertiary/aromatic N) is 3. The Balaban J connectivity index is 1.67. The van der Waals surface area contributed by atoms with Crippen molar-refractivity contribution in [2.45, 2.75) is 44.2 Å². The molecule has 1 aromatic heterocycles. The Bertz CT molecular complexity index is 680. The quantitative estimate of drug-likeness (QED) is 0.775. The molecule has 2 aliphatic rings. The predicted molar refractivity (Wildman–Crippen MR) is 78.3 cm³/mol. The molecule has 1 atom stereocenters. The van der Waals surface area contributed by atoms with Crippen LogP contribution >= 0.6 is 0 Å². The number of hydrogen-bond donors (Lipinski definition) is 2. The van der Waals surface area contributed by atoms with Crippen LogP contribution in [0.15, 0.2) is 6.07 Å². The highest BCUT2D eigenvalue weighted by atomic mass is 32.2. The van der Waals surface area contributed by atoms with Crippen molar-refractivity contribution in [1.82, 2.24) is 18.8 Å². The lowest BCUT2D eigenvalue weighted by Gasteiger charge is -2.20. The molecule has 9 heteroatoms. The highest BCUT2D eigenvalue weighted by Crippen LogP contribution is 2.39. The summed E-state index contributed by atoms with van der Waals surface area (Å²) in [6.45, 7) is 0.313. The van der Waals surface area contributed by atoms with Gasteiger partial charge in [-0.15, -0.1) is 0 Å². The van der Waals surface area contributed by atoms with Crippen molar-refractivity contribution in [3.05, 3.63) is 17.5 Å². The van der Waals surface area contributed by atoms with Crippen LogP contribution in [0.1, 0.15) is 43.0 Å². The summed E-state index contributed by atoms with van der Waals surface area (Å²) >= 11 is 0. The Kier molecular flexibility index (Phi) is 3.96. The van der Waals surface area contributed by atoms with Gasteiger partial charge in [0.15, 0.2) is 0 Å². The first-order valence-corrected chi connectivity index (χ1v) is 8.84. The van der Waals surface area contributed by atoms with E-state index in [-0.39, 0.29) is 13.1 Å². The molecular weight excluding hydrogens is 308 g/mol. The first-order chi connectivity index (χ1) is 10.4. The van der Waals surface area contributed by atoms with E-state index in [1.165, 1.54) is 0 Å². The number of nitrogens with one attached hydrogen (secondary N) is 1. The van der Waals surface area contributed by atoms with Crippen molar-refractivity contribution < 1.29 is 18.3 Å². The average Bonchev–Trinajstić information content (AvgIpc) is 3.02. The molecule has 3 rings (SSSR count). The lowest BCUT2D eigenvalue weighted by atomic mass is 10.2. The zero-order valence-corrected chi connectivity index (χ0v) is 13.2. The fourth-order valence-corrected chi connectivity index (χ4v) is 4.31. The number of hydrogen-bond acceptors (Lipinski definition) is 4. The molecule has 8 nitrogen and oxygen atoms in total. The van der Waals surface area contributed by atoms with Crippen LogP contribution in [0.4, 0.5) is 0 Å². The van der Waals surface area contributed by atoms with Gasteiger partial charge in [0, 0.05) is 25.2 Å². The zero-order chi connectivity index (χ0) is 15.9. The fraction of sp³-hybridized carbons (Fsp3) is 0.692. The Morgan fingerprint density at radius 1 is 1.45 bits per heavy atom. The maximum Gasteiger partial charge on any atom is 0.322 e. The molecule has 2 fully saturated rings. The van der Waals surface area contributed by atoms with E-state index < -0.39 is 22.2 Å². The normalized spacial score (nSPS) is 23.0. The van der Waals surface area contributed by atoms with Gasteiger partial charge < -0.3 is 5.11 Å². The van der Waals surface area contributed by atoms with Gasteiger partial charge in [0.05, 0.1) is 12.2 Å². The van der Waals surface area contributed by atoms with Gasteiger partial charge in [0.1, 0.15) is 6.04 Å². The van der Waals surface area contributed by atoms with Gasteiger partial charge in [0.25, 0.3) is 10.2 Å². The van der Waals surface area contributed by atoms with Gasteiger partial charge in [-0.1, -0.05) is 0 Å². The third-order valence-electron chi connectivity index (χ3n) is 4.20. The van der Waals surface area contributed by atoms with Crippen LogP contribution in [-0.2, 0) is 28.6 Å².